The van der Waals surface area contributed by atoms with E-state index in [1.165, 1.54) is 6.21 Å². The van der Waals surface area contributed by atoms with Crippen LogP contribution in [0.5, 0.6) is 5.75 Å². The van der Waals surface area contributed by atoms with E-state index < -0.39 is 5.97 Å². The molecule has 3 rings (SSSR count). The second-order valence-corrected chi connectivity index (χ2v) is 8.22. The van der Waals surface area contributed by atoms with Crippen molar-refractivity contribution in [2.45, 2.75) is 18.2 Å². The van der Waals surface area contributed by atoms with E-state index in [9.17, 15) is 9.59 Å². The van der Waals surface area contributed by atoms with E-state index in [0.717, 1.165) is 21.8 Å². The summed E-state index contributed by atoms with van der Waals surface area (Å²) < 4.78 is 5.34. The lowest BCUT2D eigenvalue weighted by Gasteiger charge is -2.08. The number of nitrogens with one attached hydrogen (secondary N) is 1. The van der Waals surface area contributed by atoms with Crippen molar-refractivity contribution in [1.82, 2.24) is 5.43 Å². The third-order valence-corrected chi connectivity index (χ3v) is 5.41. The topological polar surface area (TPSA) is 67.8 Å². The molecular formula is C24H21ClN2O3S. The maximum Gasteiger partial charge on any atom is 0.343 e. The Balaban J connectivity index is 1.53. The highest BCUT2D eigenvalue weighted by atomic mass is 35.5. The summed E-state index contributed by atoms with van der Waals surface area (Å²) in [7, 11) is 0. The number of amides is 1. The molecule has 0 radical (unpaired) electrons. The monoisotopic (exact) mass is 452 g/mol. The van der Waals surface area contributed by atoms with Crippen molar-refractivity contribution in [2.75, 3.05) is 5.75 Å². The molecule has 0 saturated heterocycles. The molecule has 3 aromatic carbocycles. The standard InChI is InChI=1S/C24H21ClN2O3S/c1-2-31-22-13-10-20(25)14-19(22)15-23(28)27-26-16-17-8-11-21(12-9-17)30-24(29)18-6-4-3-5-7-18/h3-14,16H,2,15H2,1H3,(H,27,28)/b26-16-. The second kappa shape index (κ2) is 11.3. The second-order valence-electron chi connectivity index (χ2n) is 6.48. The lowest BCUT2D eigenvalue weighted by atomic mass is 10.1. The van der Waals surface area contributed by atoms with Crippen molar-refractivity contribution in [3.8, 4) is 5.75 Å². The minimum atomic E-state index is -0.420. The van der Waals surface area contributed by atoms with Gasteiger partial charge in [0.25, 0.3) is 0 Å². The Kier molecular flexibility index (Phi) is 8.27. The summed E-state index contributed by atoms with van der Waals surface area (Å²) in [5.41, 5.74) is 4.64. The summed E-state index contributed by atoms with van der Waals surface area (Å²) in [4.78, 5) is 25.4. The van der Waals surface area contributed by atoms with Crippen molar-refractivity contribution < 1.29 is 14.3 Å². The van der Waals surface area contributed by atoms with E-state index in [1.54, 1.807) is 66.4 Å². The maximum absolute atomic E-state index is 12.2. The van der Waals surface area contributed by atoms with Crippen LogP contribution in [0.25, 0.3) is 0 Å². The smallest absolute Gasteiger partial charge is 0.343 e. The first kappa shape index (κ1) is 22.6. The number of carbonyl (C=O) groups excluding carboxylic acids is 2. The molecule has 7 heteroatoms. The molecule has 0 atom stereocenters. The Morgan fingerprint density at radius 3 is 2.52 bits per heavy atom. The number of carbonyl (C=O) groups is 2. The quantitative estimate of drug-likeness (QED) is 0.164. The minimum Gasteiger partial charge on any atom is -0.423 e. The van der Waals surface area contributed by atoms with Gasteiger partial charge in [0.1, 0.15) is 5.75 Å². The van der Waals surface area contributed by atoms with Crippen molar-refractivity contribution >= 4 is 41.5 Å². The summed E-state index contributed by atoms with van der Waals surface area (Å²) >= 11 is 7.73. The number of hydrazone groups is 1. The molecular weight excluding hydrogens is 432 g/mol. The Bertz CT molecular complexity index is 1070. The zero-order valence-corrected chi connectivity index (χ0v) is 18.5. The van der Waals surface area contributed by atoms with Crippen molar-refractivity contribution in [3.63, 3.8) is 0 Å². The molecule has 0 aliphatic rings. The van der Waals surface area contributed by atoms with Gasteiger partial charge in [-0.3, -0.25) is 4.79 Å². The number of hydrogen-bond donors (Lipinski definition) is 1. The highest BCUT2D eigenvalue weighted by Gasteiger charge is 2.09. The molecule has 0 aromatic heterocycles. The number of rotatable bonds is 8. The van der Waals surface area contributed by atoms with Crippen LogP contribution in [0.2, 0.25) is 5.02 Å². The average Bonchev–Trinajstić information content (AvgIpc) is 2.77. The van der Waals surface area contributed by atoms with Crippen LogP contribution in [0.3, 0.4) is 0 Å². The van der Waals surface area contributed by atoms with Crippen molar-refractivity contribution in [2.24, 2.45) is 5.10 Å². The van der Waals surface area contributed by atoms with Gasteiger partial charge in [-0.1, -0.05) is 36.7 Å². The van der Waals surface area contributed by atoms with Crippen LogP contribution < -0.4 is 10.2 Å². The number of hydrogen-bond acceptors (Lipinski definition) is 5. The molecule has 0 unspecified atom stereocenters. The normalized spacial score (nSPS) is 10.8. The first-order valence-corrected chi connectivity index (χ1v) is 11.0. The molecule has 5 nitrogen and oxygen atoms in total. The number of halogens is 1. The van der Waals surface area contributed by atoms with Gasteiger partial charge in [-0.2, -0.15) is 5.10 Å². The minimum absolute atomic E-state index is 0.189. The highest BCUT2D eigenvalue weighted by molar-refractivity contribution is 7.99. The van der Waals surface area contributed by atoms with Gasteiger partial charge < -0.3 is 4.74 Å². The van der Waals surface area contributed by atoms with Crippen LogP contribution in [-0.4, -0.2) is 23.8 Å². The number of esters is 1. The van der Waals surface area contributed by atoms with Gasteiger partial charge in [0, 0.05) is 9.92 Å². The van der Waals surface area contributed by atoms with Gasteiger partial charge in [0.2, 0.25) is 5.91 Å². The Hall–Kier alpha value is -3.09. The predicted octanol–water partition coefficient (Wildman–Crippen LogP) is 5.36. The van der Waals surface area contributed by atoms with E-state index in [0.29, 0.717) is 16.3 Å². The lowest BCUT2D eigenvalue weighted by Crippen LogP contribution is -2.20. The molecule has 0 saturated carbocycles. The predicted molar refractivity (Wildman–Crippen MR) is 125 cm³/mol. The first-order chi connectivity index (χ1) is 15.0. The molecule has 1 amide bonds. The van der Waals surface area contributed by atoms with Crippen LogP contribution in [0.15, 0.2) is 82.8 Å². The fourth-order valence-corrected chi connectivity index (χ4v) is 3.72. The summed E-state index contributed by atoms with van der Waals surface area (Å²) in [5.74, 6) is 0.683. The molecule has 31 heavy (non-hydrogen) atoms. The highest BCUT2D eigenvalue weighted by Crippen LogP contribution is 2.26. The fourth-order valence-electron chi connectivity index (χ4n) is 2.74. The lowest BCUT2D eigenvalue weighted by molar-refractivity contribution is -0.120. The number of ether oxygens (including phenoxy) is 1. The summed E-state index contributed by atoms with van der Waals surface area (Å²) in [5, 5.41) is 4.60. The molecule has 0 bridgehead atoms. The number of thioether (sulfide) groups is 1. The molecule has 0 aliphatic carbocycles. The van der Waals surface area contributed by atoms with Gasteiger partial charge in [-0.15, -0.1) is 11.8 Å². The van der Waals surface area contributed by atoms with E-state index in [1.807, 2.05) is 18.2 Å². The Labute approximate surface area is 190 Å². The third kappa shape index (κ3) is 6.98. The van der Waals surface area contributed by atoms with Crippen molar-refractivity contribution in [3.05, 3.63) is 94.5 Å². The molecule has 158 valence electrons. The SMILES string of the molecule is CCSc1ccc(Cl)cc1CC(=O)N/N=C\c1ccc(OC(=O)c2ccccc2)cc1. The van der Waals surface area contributed by atoms with Crippen LogP contribution in [0.1, 0.15) is 28.4 Å². The van der Waals surface area contributed by atoms with Gasteiger partial charge in [-0.05, 0) is 71.5 Å². The van der Waals surface area contributed by atoms with E-state index in [-0.39, 0.29) is 12.3 Å². The van der Waals surface area contributed by atoms with Gasteiger partial charge >= 0.3 is 5.97 Å². The van der Waals surface area contributed by atoms with Gasteiger partial charge in [0.05, 0.1) is 18.2 Å². The summed E-state index contributed by atoms with van der Waals surface area (Å²) in [6.45, 7) is 2.06. The maximum atomic E-state index is 12.2. The zero-order valence-electron chi connectivity index (χ0n) is 16.9. The molecule has 3 aromatic rings. The summed E-state index contributed by atoms with van der Waals surface area (Å²) in [6.07, 6.45) is 1.72. The van der Waals surface area contributed by atoms with Crippen LogP contribution in [0, 0.1) is 0 Å². The van der Waals surface area contributed by atoms with Crippen molar-refractivity contribution in [1.29, 1.82) is 0 Å². The van der Waals surface area contributed by atoms with E-state index >= 15 is 0 Å². The third-order valence-electron chi connectivity index (χ3n) is 4.18. The summed E-state index contributed by atoms with van der Waals surface area (Å²) in [6, 6.07) is 21.2. The largest absolute Gasteiger partial charge is 0.423 e. The van der Waals surface area contributed by atoms with Crippen LogP contribution in [0.4, 0.5) is 0 Å². The molecule has 0 aliphatic heterocycles. The first-order valence-electron chi connectivity index (χ1n) is 9.65. The molecule has 0 fully saturated rings. The van der Waals surface area contributed by atoms with Crippen LogP contribution in [-0.2, 0) is 11.2 Å². The van der Waals surface area contributed by atoms with Crippen LogP contribution >= 0.6 is 23.4 Å². The zero-order chi connectivity index (χ0) is 22.1. The number of benzene rings is 3. The van der Waals surface area contributed by atoms with E-state index in [2.05, 4.69) is 17.5 Å². The van der Waals surface area contributed by atoms with Gasteiger partial charge in [-0.25, -0.2) is 10.2 Å². The average molecular weight is 453 g/mol. The molecule has 1 N–H and O–H groups in total. The Morgan fingerprint density at radius 2 is 1.81 bits per heavy atom. The Morgan fingerprint density at radius 1 is 1.06 bits per heavy atom. The molecule has 0 spiro atoms. The number of nitrogens with zero attached hydrogens (tertiary/aromatic N) is 1. The van der Waals surface area contributed by atoms with E-state index in [4.69, 9.17) is 16.3 Å². The van der Waals surface area contributed by atoms with Gasteiger partial charge in [0.15, 0.2) is 0 Å². The fraction of sp³-hybridized carbons (Fsp3) is 0.125. The molecule has 0 heterocycles.